The quantitative estimate of drug-likeness (QED) is 0.560. The van der Waals surface area contributed by atoms with Gasteiger partial charge in [0, 0.05) is 29.1 Å². The third kappa shape index (κ3) is 3.49. The fourth-order valence-electron chi connectivity index (χ4n) is 2.88. The van der Waals surface area contributed by atoms with Gasteiger partial charge in [-0.05, 0) is 30.2 Å². The van der Waals surface area contributed by atoms with Gasteiger partial charge in [-0.1, -0.05) is 41.6 Å². The number of nitrogens with one attached hydrogen (secondary N) is 2. The molecule has 130 valence electrons. The monoisotopic (exact) mass is 346 g/mol. The Bertz CT molecular complexity index is 1020. The Labute approximate surface area is 150 Å². The number of H-pyrrole nitrogens is 1. The van der Waals surface area contributed by atoms with Crippen LogP contribution in [0.15, 0.2) is 65.3 Å². The lowest BCUT2D eigenvalue weighted by Crippen LogP contribution is -2.23. The molecule has 4 rings (SSSR count). The summed E-state index contributed by atoms with van der Waals surface area (Å²) >= 11 is 0. The molecule has 0 bridgehead atoms. The van der Waals surface area contributed by atoms with E-state index in [1.165, 1.54) is 0 Å². The first kappa shape index (κ1) is 16.1. The number of aromatic nitrogens is 3. The fourth-order valence-corrected chi connectivity index (χ4v) is 2.88. The van der Waals surface area contributed by atoms with E-state index in [2.05, 4.69) is 26.5 Å². The lowest BCUT2D eigenvalue weighted by molar-refractivity contribution is -0.121. The first-order valence-electron chi connectivity index (χ1n) is 8.49. The molecule has 0 radical (unpaired) electrons. The number of aromatic amines is 1. The summed E-state index contributed by atoms with van der Waals surface area (Å²) in [5.41, 5.74) is 3.08. The molecule has 0 spiro atoms. The highest BCUT2D eigenvalue weighted by Gasteiger charge is 2.10. The van der Waals surface area contributed by atoms with Crippen LogP contribution in [0.1, 0.15) is 17.8 Å². The first-order chi connectivity index (χ1) is 12.8. The van der Waals surface area contributed by atoms with Gasteiger partial charge in [-0.2, -0.15) is 4.98 Å². The summed E-state index contributed by atoms with van der Waals surface area (Å²) in [5.74, 6) is 0.874. The summed E-state index contributed by atoms with van der Waals surface area (Å²) in [7, 11) is 0. The summed E-state index contributed by atoms with van der Waals surface area (Å²) in [6.07, 6.45) is 3.05. The number of carbonyl (C=O) groups excluding carboxylic acids is 1. The second-order valence-corrected chi connectivity index (χ2v) is 6.02. The van der Waals surface area contributed by atoms with Crippen LogP contribution < -0.4 is 5.32 Å². The zero-order chi connectivity index (χ0) is 17.8. The number of fused-ring (bicyclic) bond motifs is 1. The molecule has 0 aliphatic rings. The smallest absolute Gasteiger partial charge is 0.257 e. The first-order valence-corrected chi connectivity index (χ1v) is 8.49. The van der Waals surface area contributed by atoms with Crippen LogP contribution in [0.4, 0.5) is 0 Å². The Hall–Kier alpha value is -3.41. The summed E-state index contributed by atoms with van der Waals surface area (Å²) < 4.78 is 5.23. The summed E-state index contributed by atoms with van der Waals surface area (Å²) in [5, 5.41) is 7.91. The van der Waals surface area contributed by atoms with Crippen molar-refractivity contribution in [3.8, 4) is 11.5 Å². The third-order valence-corrected chi connectivity index (χ3v) is 4.23. The van der Waals surface area contributed by atoms with Gasteiger partial charge in [0.15, 0.2) is 5.82 Å². The number of rotatable bonds is 6. The SMILES string of the molecule is O=C(CCc1c[nH]c2ccccc12)NCc1noc(-c2ccccc2)n1. The van der Waals surface area contributed by atoms with E-state index in [-0.39, 0.29) is 12.5 Å². The number of para-hydroxylation sites is 1. The molecular weight excluding hydrogens is 328 g/mol. The Kier molecular flexibility index (Phi) is 4.47. The van der Waals surface area contributed by atoms with Crippen molar-refractivity contribution in [3.63, 3.8) is 0 Å². The van der Waals surface area contributed by atoms with E-state index in [0.29, 0.717) is 24.6 Å². The van der Waals surface area contributed by atoms with Crippen molar-refractivity contribution in [2.24, 2.45) is 0 Å². The maximum atomic E-state index is 12.1. The molecule has 0 saturated carbocycles. The van der Waals surface area contributed by atoms with E-state index in [9.17, 15) is 4.79 Å². The van der Waals surface area contributed by atoms with E-state index >= 15 is 0 Å². The summed E-state index contributed by atoms with van der Waals surface area (Å²) in [6, 6.07) is 17.6. The molecule has 1 amide bonds. The number of amides is 1. The Morgan fingerprint density at radius 2 is 1.88 bits per heavy atom. The van der Waals surface area contributed by atoms with E-state index in [1.54, 1.807) is 0 Å². The lowest BCUT2D eigenvalue weighted by atomic mass is 10.1. The molecule has 2 aromatic heterocycles. The number of hydrogen-bond acceptors (Lipinski definition) is 4. The molecule has 0 aliphatic carbocycles. The van der Waals surface area contributed by atoms with Crippen molar-refractivity contribution in [2.45, 2.75) is 19.4 Å². The summed E-state index contributed by atoms with van der Waals surface area (Å²) in [6.45, 7) is 0.253. The average Bonchev–Trinajstić information content (AvgIpc) is 3.33. The third-order valence-electron chi connectivity index (χ3n) is 4.23. The number of aryl methyl sites for hydroxylation is 1. The van der Waals surface area contributed by atoms with Gasteiger partial charge in [0.05, 0.1) is 6.54 Å². The Balaban J connectivity index is 1.31. The van der Waals surface area contributed by atoms with Crippen LogP contribution in [0.3, 0.4) is 0 Å². The molecule has 2 aromatic carbocycles. The van der Waals surface area contributed by atoms with E-state index in [4.69, 9.17) is 4.52 Å². The lowest BCUT2D eigenvalue weighted by Gasteiger charge is -2.02. The maximum Gasteiger partial charge on any atom is 0.257 e. The van der Waals surface area contributed by atoms with Crippen LogP contribution in [0.2, 0.25) is 0 Å². The van der Waals surface area contributed by atoms with Crippen LogP contribution in [-0.4, -0.2) is 21.0 Å². The minimum atomic E-state index is -0.0404. The van der Waals surface area contributed by atoms with Crippen molar-refractivity contribution >= 4 is 16.8 Å². The Morgan fingerprint density at radius 1 is 1.08 bits per heavy atom. The topological polar surface area (TPSA) is 83.8 Å². The zero-order valence-electron chi connectivity index (χ0n) is 14.1. The van der Waals surface area contributed by atoms with Crippen LogP contribution in [-0.2, 0) is 17.8 Å². The number of hydrogen-bond donors (Lipinski definition) is 2. The van der Waals surface area contributed by atoms with Gasteiger partial charge in [-0.25, -0.2) is 0 Å². The fraction of sp³-hybridized carbons (Fsp3) is 0.150. The molecule has 0 aliphatic heterocycles. The molecule has 4 aromatic rings. The summed E-state index contributed by atoms with van der Waals surface area (Å²) in [4.78, 5) is 19.6. The normalized spacial score (nSPS) is 10.9. The standard InChI is InChI=1S/C20H18N4O2/c25-19(11-10-15-12-21-17-9-5-4-8-16(15)17)22-13-18-23-20(26-24-18)14-6-2-1-3-7-14/h1-9,12,21H,10-11,13H2,(H,22,25). The van der Waals surface area contributed by atoms with Gasteiger partial charge in [0.25, 0.3) is 5.89 Å². The van der Waals surface area contributed by atoms with Crippen molar-refractivity contribution in [1.82, 2.24) is 20.4 Å². The highest BCUT2D eigenvalue weighted by atomic mass is 16.5. The van der Waals surface area contributed by atoms with E-state index < -0.39 is 0 Å². The highest BCUT2D eigenvalue weighted by molar-refractivity contribution is 5.84. The predicted molar refractivity (Wildman–Crippen MR) is 98.2 cm³/mol. The zero-order valence-corrected chi connectivity index (χ0v) is 14.1. The molecule has 26 heavy (non-hydrogen) atoms. The molecule has 0 atom stereocenters. The molecule has 0 saturated heterocycles. The number of benzene rings is 2. The van der Waals surface area contributed by atoms with Gasteiger partial charge in [-0.15, -0.1) is 0 Å². The molecule has 2 N–H and O–H groups in total. The van der Waals surface area contributed by atoms with Gasteiger partial charge in [0.1, 0.15) is 0 Å². The molecule has 0 fully saturated rings. The molecule has 6 nitrogen and oxygen atoms in total. The minimum absolute atomic E-state index is 0.0404. The second-order valence-electron chi connectivity index (χ2n) is 6.02. The van der Waals surface area contributed by atoms with Gasteiger partial charge in [0.2, 0.25) is 5.91 Å². The highest BCUT2D eigenvalue weighted by Crippen LogP contribution is 2.19. The largest absolute Gasteiger partial charge is 0.361 e. The van der Waals surface area contributed by atoms with Crippen molar-refractivity contribution in [1.29, 1.82) is 0 Å². The van der Waals surface area contributed by atoms with Crippen LogP contribution in [0, 0.1) is 0 Å². The van der Waals surface area contributed by atoms with Crippen LogP contribution in [0.5, 0.6) is 0 Å². The van der Waals surface area contributed by atoms with E-state index in [0.717, 1.165) is 22.0 Å². The van der Waals surface area contributed by atoms with Gasteiger partial charge in [-0.3, -0.25) is 4.79 Å². The van der Waals surface area contributed by atoms with Crippen molar-refractivity contribution in [2.75, 3.05) is 0 Å². The molecule has 2 heterocycles. The van der Waals surface area contributed by atoms with Crippen molar-refractivity contribution in [3.05, 3.63) is 72.2 Å². The molecule has 6 heteroatoms. The van der Waals surface area contributed by atoms with Crippen LogP contribution >= 0.6 is 0 Å². The second kappa shape index (κ2) is 7.23. The van der Waals surface area contributed by atoms with Gasteiger partial charge >= 0.3 is 0 Å². The minimum Gasteiger partial charge on any atom is -0.361 e. The molecular formula is C20H18N4O2. The van der Waals surface area contributed by atoms with Crippen LogP contribution in [0.25, 0.3) is 22.4 Å². The molecule has 0 unspecified atom stereocenters. The van der Waals surface area contributed by atoms with E-state index in [1.807, 2.05) is 54.7 Å². The number of nitrogens with zero attached hydrogens (tertiary/aromatic N) is 2. The average molecular weight is 346 g/mol. The van der Waals surface area contributed by atoms with Gasteiger partial charge < -0.3 is 14.8 Å². The number of carbonyl (C=O) groups is 1. The Morgan fingerprint density at radius 3 is 2.77 bits per heavy atom. The van der Waals surface area contributed by atoms with Crippen molar-refractivity contribution < 1.29 is 9.32 Å². The maximum absolute atomic E-state index is 12.1. The predicted octanol–water partition coefficient (Wildman–Crippen LogP) is 3.47.